The molecule has 0 saturated heterocycles. The van der Waals surface area contributed by atoms with Crippen molar-refractivity contribution in [2.75, 3.05) is 0 Å². The second kappa shape index (κ2) is 4.24. The Bertz CT molecular complexity index is 326. The van der Waals surface area contributed by atoms with Gasteiger partial charge in [0.2, 0.25) is 0 Å². The molecule has 0 aliphatic rings. The third kappa shape index (κ3) is 3.10. The minimum Gasteiger partial charge on any atom is -0.0613 e. The molecule has 0 fully saturated rings. The molecule has 0 aliphatic carbocycles. The van der Waals surface area contributed by atoms with Crippen LogP contribution in [0, 0.1) is 6.07 Å². The van der Waals surface area contributed by atoms with E-state index in [0.29, 0.717) is 0 Å². The fourth-order valence-electron chi connectivity index (χ4n) is 1.66. The van der Waals surface area contributed by atoms with Crippen molar-refractivity contribution in [2.45, 2.75) is 65.7 Å². The quantitative estimate of drug-likeness (QED) is 0.642. The van der Waals surface area contributed by atoms with Gasteiger partial charge in [-0.25, -0.2) is 0 Å². The fraction of sp³-hybridized carbons (Fsp3) is 0.625. The third-order valence-electron chi connectivity index (χ3n) is 2.98. The lowest BCUT2D eigenvalue weighted by molar-refractivity contribution is 0.566. The van der Waals surface area contributed by atoms with Gasteiger partial charge in [-0.2, -0.15) is 0 Å². The Morgan fingerprint density at radius 3 is 1.88 bits per heavy atom. The van der Waals surface area contributed by atoms with Gasteiger partial charge in [-0.1, -0.05) is 60.6 Å². The zero-order chi connectivity index (χ0) is 12.6. The lowest BCUT2D eigenvalue weighted by Crippen LogP contribution is -2.17. The molecule has 0 aromatic heterocycles. The highest BCUT2D eigenvalue weighted by Gasteiger charge is 2.20. The van der Waals surface area contributed by atoms with E-state index in [1.807, 2.05) is 0 Å². The average Bonchev–Trinajstić information content (AvgIpc) is 2.14. The summed E-state index contributed by atoms with van der Waals surface area (Å²) in [4.78, 5) is 0. The molecule has 0 saturated carbocycles. The van der Waals surface area contributed by atoms with Crippen molar-refractivity contribution in [3.05, 3.63) is 34.9 Å². The Morgan fingerprint density at radius 1 is 0.938 bits per heavy atom. The summed E-state index contributed by atoms with van der Waals surface area (Å²) < 4.78 is 0. The summed E-state index contributed by atoms with van der Waals surface area (Å²) in [5, 5.41) is 0. The zero-order valence-corrected chi connectivity index (χ0v) is 11.9. The molecular weight excluding hydrogens is 192 g/mol. The first-order chi connectivity index (χ1) is 7.14. The van der Waals surface area contributed by atoms with E-state index >= 15 is 0 Å². The Labute approximate surface area is 101 Å². The van der Waals surface area contributed by atoms with Crippen LogP contribution in [0.3, 0.4) is 0 Å². The molecule has 0 spiro atoms. The second-order valence-corrected chi connectivity index (χ2v) is 6.66. The SMILES string of the molecule is CCc1[c]c(C(C)(C)C)cc(C(C)(C)C)c1. The van der Waals surface area contributed by atoms with Crippen LogP contribution in [0.1, 0.15) is 65.2 Å². The zero-order valence-electron chi connectivity index (χ0n) is 11.9. The number of rotatable bonds is 1. The molecule has 0 heterocycles. The van der Waals surface area contributed by atoms with Crippen molar-refractivity contribution >= 4 is 0 Å². The number of hydrogen-bond donors (Lipinski definition) is 0. The molecule has 1 aromatic carbocycles. The van der Waals surface area contributed by atoms with Gasteiger partial charge >= 0.3 is 0 Å². The Balaban J connectivity index is 3.33. The highest BCUT2D eigenvalue weighted by molar-refractivity contribution is 5.36. The van der Waals surface area contributed by atoms with Crippen molar-refractivity contribution in [3.63, 3.8) is 0 Å². The maximum absolute atomic E-state index is 3.55. The largest absolute Gasteiger partial charge is 0.0613 e. The molecule has 0 unspecified atom stereocenters. The first kappa shape index (κ1) is 13.3. The van der Waals surface area contributed by atoms with Crippen LogP contribution in [0.2, 0.25) is 0 Å². The van der Waals surface area contributed by atoms with Crippen LogP contribution in [-0.2, 0) is 17.3 Å². The molecule has 0 atom stereocenters. The maximum atomic E-state index is 3.55. The summed E-state index contributed by atoms with van der Waals surface area (Å²) in [6, 6.07) is 8.17. The molecular formula is C16H25. The topological polar surface area (TPSA) is 0 Å². The molecule has 1 aromatic rings. The van der Waals surface area contributed by atoms with E-state index in [9.17, 15) is 0 Å². The summed E-state index contributed by atoms with van der Waals surface area (Å²) in [5.41, 5.74) is 4.49. The summed E-state index contributed by atoms with van der Waals surface area (Å²) in [5.74, 6) is 0. The summed E-state index contributed by atoms with van der Waals surface area (Å²) in [6.07, 6.45) is 1.06. The van der Waals surface area contributed by atoms with Crippen molar-refractivity contribution in [3.8, 4) is 0 Å². The number of hydrogen-bond acceptors (Lipinski definition) is 0. The molecule has 0 N–H and O–H groups in total. The monoisotopic (exact) mass is 217 g/mol. The van der Waals surface area contributed by atoms with Crippen LogP contribution in [0.15, 0.2) is 12.1 Å². The van der Waals surface area contributed by atoms with Crippen LogP contribution >= 0.6 is 0 Å². The average molecular weight is 217 g/mol. The molecule has 0 bridgehead atoms. The van der Waals surface area contributed by atoms with Gasteiger partial charge in [-0.3, -0.25) is 0 Å². The molecule has 89 valence electrons. The van der Waals surface area contributed by atoms with E-state index in [0.717, 1.165) is 6.42 Å². The van der Waals surface area contributed by atoms with E-state index in [4.69, 9.17) is 0 Å². The van der Waals surface area contributed by atoms with Gasteiger partial charge in [0.05, 0.1) is 0 Å². The van der Waals surface area contributed by atoms with Gasteiger partial charge in [0.15, 0.2) is 0 Å². The first-order valence-corrected chi connectivity index (χ1v) is 6.22. The predicted molar refractivity (Wildman–Crippen MR) is 72.1 cm³/mol. The third-order valence-corrected chi connectivity index (χ3v) is 2.98. The van der Waals surface area contributed by atoms with Crippen LogP contribution in [0.4, 0.5) is 0 Å². The summed E-state index contributed by atoms with van der Waals surface area (Å²) in [6.45, 7) is 15.8. The molecule has 0 nitrogen and oxygen atoms in total. The minimum atomic E-state index is 0.186. The van der Waals surface area contributed by atoms with Gasteiger partial charge in [0.1, 0.15) is 0 Å². The van der Waals surface area contributed by atoms with E-state index < -0.39 is 0 Å². The molecule has 1 radical (unpaired) electrons. The lowest BCUT2D eigenvalue weighted by atomic mass is 9.79. The maximum Gasteiger partial charge on any atom is -0.0109 e. The summed E-state index contributed by atoms with van der Waals surface area (Å²) >= 11 is 0. The Kier molecular flexibility index (Phi) is 3.52. The smallest absolute Gasteiger partial charge is 0.0109 e. The fourth-order valence-corrected chi connectivity index (χ4v) is 1.66. The van der Waals surface area contributed by atoms with E-state index in [-0.39, 0.29) is 10.8 Å². The van der Waals surface area contributed by atoms with Crippen molar-refractivity contribution in [1.29, 1.82) is 0 Å². The standard InChI is InChI=1S/C16H25/c1-8-12-9-13(15(2,3)4)11-14(10-12)16(5,6)7/h9,11H,8H2,1-7H3. The van der Waals surface area contributed by atoms with Gasteiger partial charge < -0.3 is 0 Å². The van der Waals surface area contributed by atoms with Crippen molar-refractivity contribution in [2.24, 2.45) is 0 Å². The van der Waals surface area contributed by atoms with Gasteiger partial charge in [-0.05, 0) is 40.0 Å². The Hall–Kier alpha value is -0.780. The van der Waals surface area contributed by atoms with Crippen molar-refractivity contribution < 1.29 is 0 Å². The van der Waals surface area contributed by atoms with Crippen LogP contribution in [-0.4, -0.2) is 0 Å². The van der Waals surface area contributed by atoms with E-state index in [1.54, 1.807) is 0 Å². The molecule has 1 rings (SSSR count). The molecule has 16 heavy (non-hydrogen) atoms. The molecule has 0 aliphatic heterocycles. The van der Waals surface area contributed by atoms with E-state index in [1.165, 1.54) is 16.7 Å². The number of benzene rings is 1. The van der Waals surface area contributed by atoms with Gasteiger partial charge in [0, 0.05) is 0 Å². The Morgan fingerprint density at radius 2 is 1.50 bits per heavy atom. The van der Waals surface area contributed by atoms with Crippen LogP contribution < -0.4 is 0 Å². The highest BCUT2D eigenvalue weighted by atomic mass is 14.2. The normalized spacial score (nSPS) is 12.9. The lowest BCUT2D eigenvalue weighted by Gasteiger charge is -2.25. The van der Waals surface area contributed by atoms with Crippen LogP contribution in [0.25, 0.3) is 0 Å². The first-order valence-electron chi connectivity index (χ1n) is 6.22. The molecule has 0 amide bonds. The predicted octanol–water partition coefficient (Wildman–Crippen LogP) is 4.64. The number of aryl methyl sites for hydroxylation is 1. The van der Waals surface area contributed by atoms with Crippen molar-refractivity contribution in [1.82, 2.24) is 0 Å². The second-order valence-electron chi connectivity index (χ2n) is 6.66. The van der Waals surface area contributed by atoms with Gasteiger partial charge in [0.25, 0.3) is 0 Å². The van der Waals surface area contributed by atoms with Gasteiger partial charge in [-0.15, -0.1) is 0 Å². The minimum absolute atomic E-state index is 0.186. The van der Waals surface area contributed by atoms with E-state index in [2.05, 4.69) is 66.7 Å². The summed E-state index contributed by atoms with van der Waals surface area (Å²) in [7, 11) is 0. The highest BCUT2D eigenvalue weighted by Crippen LogP contribution is 2.29. The molecule has 0 heteroatoms. The van der Waals surface area contributed by atoms with Crippen LogP contribution in [0.5, 0.6) is 0 Å².